The molecule has 0 spiro atoms. The third-order valence-electron chi connectivity index (χ3n) is 3.23. The molecule has 1 amide bonds. The number of rotatable bonds is 4. The lowest BCUT2D eigenvalue weighted by Crippen LogP contribution is -2.52. The molecule has 1 aromatic carbocycles. The molecule has 17 heavy (non-hydrogen) atoms. The molecule has 0 atom stereocenters. The third-order valence-corrected chi connectivity index (χ3v) is 3.46. The average molecular weight is 254 g/mol. The van der Waals surface area contributed by atoms with Crippen molar-refractivity contribution in [3.8, 4) is 0 Å². The number of hydrogen-bond donors (Lipinski definition) is 3. The van der Waals surface area contributed by atoms with Gasteiger partial charge in [-0.25, -0.2) is 0 Å². The summed E-state index contributed by atoms with van der Waals surface area (Å²) in [4.78, 5) is 11.3. The molecule has 5 heteroatoms. The van der Waals surface area contributed by atoms with Crippen LogP contribution in [-0.2, 0) is 0 Å². The lowest BCUT2D eigenvalue weighted by atomic mass is 9.78. The SMILES string of the molecule is NC(=O)c1cc(Cl)ccc1NCC1(N)CCC1. The van der Waals surface area contributed by atoms with Crippen molar-refractivity contribution in [3.05, 3.63) is 28.8 Å². The first-order valence-electron chi connectivity index (χ1n) is 5.62. The molecule has 4 nitrogen and oxygen atoms in total. The summed E-state index contributed by atoms with van der Waals surface area (Å²) in [5, 5.41) is 3.68. The van der Waals surface area contributed by atoms with Gasteiger partial charge in [0.05, 0.1) is 5.56 Å². The highest BCUT2D eigenvalue weighted by molar-refractivity contribution is 6.31. The van der Waals surface area contributed by atoms with E-state index in [-0.39, 0.29) is 5.54 Å². The second-order valence-electron chi connectivity index (χ2n) is 4.62. The number of nitrogens with two attached hydrogens (primary N) is 2. The zero-order valence-electron chi connectivity index (χ0n) is 9.50. The van der Waals surface area contributed by atoms with Gasteiger partial charge in [0.25, 0.3) is 5.91 Å². The van der Waals surface area contributed by atoms with E-state index in [1.807, 2.05) is 0 Å². The molecule has 1 aliphatic rings. The zero-order valence-corrected chi connectivity index (χ0v) is 10.3. The highest BCUT2D eigenvalue weighted by atomic mass is 35.5. The van der Waals surface area contributed by atoms with Gasteiger partial charge in [-0.1, -0.05) is 11.6 Å². The van der Waals surface area contributed by atoms with Crippen LogP contribution in [0.3, 0.4) is 0 Å². The van der Waals surface area contributed by atoms with Crippen LogP contribution < -0.4 is 16.8 Å². The van der Waals surface area contributed by atoms with Crippen LogP contribution in [0.15, 0.2) is 18.2 Å². The smallest absolute Gasteiger partial charge is 0.250 e. The summed E-state index contributed by atoms with van der Waals surface area (Å²) < 4.78 is 0. The van der Waals surface area contributed by atoms with Crippen molar-refractivity contribution in [3.63, 3.8) is 0 Å². The average Bonchev–Trinajstić information content (AvgIpc) is 2.24. The summed E-state index contributed by atoms with van der Waals surface area (Å²) in [6, 6.07) is 5.04. The van der Waals surface area contributed by atoms with Crippen LogP contribution in [0.2, 0.25) is 5.02 Å². The lowest BCUT2D eigenvalue weighted by Gasteiger charge is -2.38. The fraction of sp³-hybridized carbons (Fsp3) is 0.417. The van der Waals surface area contributed by atoms with E-state index in [4.69, 9.17) is 23.1 Å². The van der Waals surface area contributed by atoms with Crippen molar-refractivity contribution >= 4 is 23.2 Å². The normalized spacial score (nSPS) is 17.3. The van der Waals surface area contributed by atoms with Crippen LogP contribution in [0.1, 0.15) is 29.6 Å². The Morgan fingerprint density at radius 1 is 1.47 bits per heavy atom. The topological polar surface area (TPSA) is 81.1 Å². The number of carbonyl (C=O) groups excluding carboxylic acids is 1. The van der Waals surface area contributed by atoms with Gasteiger partial charge >= 0.3 is 0 Å². The Kier molecular flexibility index (Phi) is 3.26. The number of carbonyl (C=O) groups is 1. The fourth-order valence-corrected chi connectivity index (χ4v) is 2.13. The summed E-state index contributed by atoms with van der Waals surface area (Å²) in [6.45, 7) is 0.648. The van der Waals surface area contributed by atoms with Gasteiger partial charge in [-0.3, -0.25) is 4.79 Å². The minimum absolute atomic E-state index is 0.144. The Hall–Kier alpha value is -1.26. The van der Waals surface area contributed by atoms with Gasteiger partial charge in [0.1, 0.15) is 0 Å². The maximum atomic E-state index is 11.3. The Bertz CT molecular complexity index is 443. The molecule has 0 aliphatic heterocycles. The van der Waals surface area contributed by atoms with Crippen LogP contribution in [0, 0.1) is 0 Å². The van der Waals surface area contributed by atoms with Crippen molar-refractivity contribution in [1.29, 1.82) is 0 Å². The van der Waals surface area contributed by atoms with E-state index in [0.717, 1.165) is 12.8 Å². The monoisotopic (exact) mass is 253 g/mol. The van der Waals surface area contributed by atoms with Crippen LogP contribution in [0.25, 0.3) is 0 Å². The summed E-state index contributed by atoms with van der Waals surface area (Å²) in [5.41, 5.74) is 12.4. The molecule has 0 radical (unpaired) electrons. The summed E-state index contributed by atoms with van der Waals surface area (Å²) in [5.74, 6) is -0.491. The van der Waals surface area contributed by atoms with Gasteiger partial charge in [-0.05, 0) is 37.5 Å². The molecule has 92 valence electrons. The molecule has 2 rings (SSSR count). The Morgan fingerprint density at radius 2 is 2.18 bits per heavy atom. The maximum absolute atomic E-state index is 11.3. The third kappa shape index (κ3) is 2.70. The van der Waals surface area contributed by atoms with E-state index in [2.05, 4.69) is 5.32 Å². The number of nitrogens with one attached hydrogen (secondary N) is 1. The van der Waals surface area contributed by atoms with E-state index >= 15 is 0 Å². The van der Waals surface area contributed by atoms with Crippen LogP contribution in [0.5, 0.6) is 0 Å². The number of hydrogen-bond acceptors (Lipinski definition) is 3. The summed E-state index contributed by atoms with van der Waals surface area (Å²) in [6.07, 6.45) is 3.19. The molecule has 1 saturated carbocycles. The molecule has 0 aromatic heterocycles. The highest BCUT2D eigenvalue weighted by Crippen LogP contribution is 2.30. The number of benzene rings is 1. The fourth-order valence-electron chi connectivity index (χ4n) is 1.95. The number of halogens is 1. The molecule has 0 unspecified atom stereocenters. The van der Waals surface area contributed by atoms with E-state index in [1.54, 1.807) is 18.2 Å². The largest absolute Gasteiger partial charge is 0.383 e. The molecule has 0 bridgehead atoms. The Labute approximate surface area is 105 Å². The first-order chi connectivity index (χ1) is 8.00. The highest BCUT2D eigenvalue weighted by Gasteiger charge is 2.32. The number of anilines is 1. The summed E-state index contributed by atoms with van der Waals surface area (Å²) in [7, 11) is 0. The molecule has 1 aromatic rings. The Balaban J connectivity index is 2.12. The molecular weight excluding hydrogens is 238 g/mol. The van der Waals surface area contributed by atoms with E-state index in [0.29, 0.717) is 22.8 Å². The minimum atomic E-state index is -0.491. The maximum Gasteiger partial charge on any atom is 0.250 e. The van der Waals surface area contributed by atoms with E-state index in [9.17, 15) is 4.79 Å². The van der Waals surface area contributed by atoms with Gasteiger partial charge < -0.3 is 16.8 Å². The molecule has 1 aliphatic carbocycles. The van der Waals surface area contributed by atoms with Crippen molar-refractivity contribution in [2.24, 2.45) is 11.5 Å². The van der Waals surface area contributed by atoms with Crippen LogP contribution in [0.4, 0.5) is 5.69 Å². The van der Waals surface area contributed by atoms with E-state index in [1.165, 1.54) is 6.42 Å². The van der Waals surface area contributed by atoms with Gasteiger partial charge in [0.15, 0.2) is 0 Å². The molecular formula is C12H16ClN3O. The summed E-state index contributed by atoms with van der Waals surface area (Å²) >= 11 is 5.83. The molecule has 5 N–H and O–H groups in total. The van der Waals surface area contributed by atoms with Gasteiger partial charge in [0, 0.05) is 22.8 Å². The van der Waals surface area contributed by atoms with Crippen LogP contribution >= 0.6 is 11.6 Å². The predicted octanol–water partition coefficient (Wildman–Crippen LogP) is 1.73. The quantitative estimate of drug-likeness (QED) is 0.764. The van der Waals surface area contributed by atoms with Gasteiger partial charge in [0.2, 0.25) is 0 Å². The van der Waals surface area contributed by atoms with Crippen molar-refractivity contribution in [1.82, 2.24) is 0 Å². The second-order valence-corrected chi connectivity index (χ2v) is 5.06. The standard InChI is InChI=1S/C12H16ClN3O/c13-8-2-3-10(9(6-8)11(14)17)16-7-12(15)4-1-5-12/h2-3,6,16H,1,4-5,7,15H2,(H2,14,17). The van der Waals surface area contributed by atoms with E-state index < -0.39 is 5.91 Å². The predicted molar refractivity (Wildman–Crippen MR) is 69.2 cm³/mol. The lowest BCUT2D eigenvalue weighted by molar-refractivity contribution is 0.100. The van der Waals surface area contributed by atoms with Crippen molar-refractivity contribution in [2.45, 2.75) is 24.8 Å². The van der Waals surface area contributed by atoms with Gasteiger partial charge in [-0.15, -0.1) is 0 Å². The van der Waals surface area contributed by atoms with Crippen molar-refractivity contribution in [2.75, 3.05) is 11.9 Å². The number of primary amides is 1. The first-order valence-corrected chi connectivity index (χ1v) is 6.00. The van der Waals surface area contributed by atoms with Gasteiger partial charge in [-0.2, -0.15) is 0 Å². The molecule has 0 heterocycles. The molecule has 0 saturated heterocycles. The minimum Gasteiger partial charge on any atom is -0.383 e. The zero-order chi connectivity index (χ0) is 12.5. The van der Waals surface area contributed by atoms with Crippen LogP contribution in [-0.4, -0.2) is 18.0 Å². The second kappa shape index (κ2) is 4.55. The van der Waals surface area contributed by atoms with Crippen molar-refractivity contribution < 1.29 is 4.79 Å². The first kappa shape index (κ1) is 12.2. The number of amides is 1. The molecule has 1 fully saturated rings. The Morgan fingerprint density at radius 3 is 2.71 bits per heavy atom.